The van der Waals surface area contributed by atoms with E-state index in [0.29, 0.717) is 18.1 Å². The third kappa shape index (κ3) is 3.64. The molecule has 1 aliphatic heterocycles. The molecular weight excluding hydrogens is 308 g/mol. The van der Waals surface area contributed by atoms with Crippen LogP contribution in [0.2, 0.25) is 0 Å². The predicted octanol–water partition coefficient (Wildman–Crippen LogP) is 6.14. The van der Waals surface area contributed by atoms with Gasteiger partial charge in [-0.1, -0.05) is 37.1 Å². The van der Waals surface area contributed by atoms with Crippen molar-refractivity contribution in [1.29, 1.82) is 0 Å². The molecule has 0 aromatic rings. The SMILES string of the molecule is CC(C)=CCC[C@@]1(C)OC2=C(C(=O)CC(C)(C)C2)[C@H]2C=C(C)CC[C@@H]21. The maximum Gasteiger partial charge on any atom is 0.163 e. The summed E-state index contributed by atoms with van der Waals surface area (Å²) >= 11 is 0. The fourth-order valence-electron chi connectivity index (χ4n) is 5.02. The Bertz CT molecular complexity index is 658. The lowest BCUT2D eigenvalue weighted by molar-refractivity contribution is -0.126. The smallest absolute Gasteiger partial charge is 0.163 e. The van der Waals surface area contributed by atoms with Crippen LogP contribution in [0.4, 0.5) is 0 Å². The van der Waals surface area contributed by atoms with Crippen LogP contribution in [-0.4, -0.2) is 11.4 Å². The van der Waals surface area contributed by atoms with Crippen LogP contribution < -0.4 is 0 Å². The van der Waals surface area contributed by atoms with E-state index in [1.165, 1.54) is 11.1 Å². The van der Waals surface area contributed by atoms with Gasteiger partial charge < -0.3 is 4.74 Å². The highest BCUT2D eigenvalue weighted by molar-refractivity contribution is 5.98. The van der Waals surface area contributed by atoms with Crippen LogP contribution in [0, 0.1) is 17.3 Å². The molecule has 25 heavy (non-hydrogen) atoms. The number of hydrogen-bond acceptors (Lipinski definition) is 2. The summed E-state index contributed by atoms with van der Waals surface area (Å²) in [5.74, 6) is 2.00. The molecule has 2 aliphatic carbocycles. The molecule has 2 nitrogen and oxygen atoms in total. The Morgan fingerprint density at radius 3 is 2.68 bits per heavy atom. The molecule has 0 aromatic heterocycles. The number of allylic oxidation sites excluding steroid dienone is 6. The quantitative estimate of drug-likeness (QED) is 0.576. The van der Waals surface area contributed by atoms with Crippen molar-refractivity contribution >= 4 is 5.78 Å². The predicted molar refractivity (Wildman–Crippen MR) is 103 cm³/mol. The first-order valence-electron chi connectivity index (χ1n) is 9.87. The summed E-state index contributed by atoms with van der Waals surface area (Å²) in [6.07, 6.45) is 10.6. The molecular formula is C23H34O2. The van der Waals surface area contributed by atoms with E-state index < -0.39 is 0 Å². The topological polar surface area (TPSA) is 26.3 Å². The molecule has 2 heteroatoms. The minimum absolute atomic E-state index is 0.0109. The summed E-state index contributed by atoms with van der Waals surface area (Å²) in [4.78, 5) is 12.9. The lowest BCUT2D eigenvalue weighted by atomic mass is 9.62. The molecule has 0 radical (unpaired) electrons. The molecule has 1 heterocycles. The summed E-state index contributed by atoms with van der Waals surface area (Å²) in [6, 6.07) is 0. The van der Waals surface area contributed by atoms with E-state index in [1.54, 1.807) is 0 Å². The Morgan fingerprint density at radius 1 is 1.28 bits per heavy atom. The molecule has 0 spiro atoms. The standard InChI is InChI=1S/C23H34O2/c1-15(2)8-7-11-23(6)18-10-9-16(3)12-17(18)21-19(24)13-22(4,5)14-20(21)25-23/h8,12,17-18H,7,9-11,13-14H2,1-6H3/t17-,18-,23+/m0/s1. The first kappa shape index (κ1) is 18.5. The average Bonchev–Trinajstić information content (AvgIpc) is 2.44. The van der Waals surface area contributed by atoms with Gasteiger partial charge in [-0.3, -0.25) is 4.79 Å². The molecule has 0 saturated carbocycles. The van der Waals surface area contributed by atoms with Crippen LogP contribution in [0.25, 0.3) is 0 Å². The lowest BCUT2D eigenvalue weighted by Crippen LogP contribution is -2.49. The van der Waals surface area contributed by atoms with Crippen LogP contribution in [0.3, 0.4) is 0 Å². The van der Waals surface area contributed by atoms with Gasteiger partial charge in [-0.05, 0) is 58.8 Å². The maximum atomic E-state index is 12.9. The highest BCUT2D eigenvalue weighted by Crippen LogP contribution is 2.53. The van der Waals surface area contributed by atoms with Gasteiger partial charge in [0.05, 0.1) is 0 Å². The van der Waals surface area contributed by atoms with E-state index in [-0.39, 0.29) is 16.9 Å². The van der Waals surface area contributed by atoms with Gasteiger partial charge in [-0.15, -0.1) is 0 Å². The number of rotatable bonds is 3. The fraction of sp³-hybridized carbons (Fsp3) is 0.696. The van der Waals surface area contributed by atoms with Crippen molar-refractivity contribution in [2.45, 2.75) is 85.7 Å². The summed E-state index contributed by atoms with van der Waals surface area (Å²) < 4.78 is 6.67. The first-order chi connectivity index (χ1) is 11.6. The molecule has 3 rings (SSSR count). The van der Waals surface area contributed by atoms with E-state index >= 15 is 0 Å². The van der Waals surface area contributed by atoms with Crippen LogP contribution in [0.1, 0.15) is 80.1 Å². The zero-order valence-electron chi connectivity index (χ0n) is 16.9. The molecule has 0 fully saturated rings. The van der Waals surface area contributed by atoms with Crippen molar-refractivity contribution in [2.75, 3.05) is 0 Å². The average molecular weight is 343 g/mol. The Labute approximate surface area is 153 Å². The molecule has 0 unspecified atom stereocenters. The van der Waals surface area contributed by atoms with Crippen molar-refractivity contribution in [2.24, 2.45) is 17.3 Å². The van der Waals surface area contributed by atoms with E-state index in [4.69, 9.17) is 4.74 Å². The largest absolute Gasteiger partial charge is 0.491 e. The second-order valence-corrected chi connectivity index (χ2v) is 9.70. The molecule has 3 atom stereocenters. The molecule has 3 aliphatic rings. The zero-order chi connectivity index (χ0) is 18.4. The van der Waals surface area contributed by atoms with Gasteiger partial charge in [0.2, 0.25) is 0 Å². The Hall–Kier alpha value is -1.31. The van der Waals surface area contributed by atoms with E-state index in [2.05, 4.69) is 53.7 Å². The summed E-state index contributed by atoms with van der Waals surface area (Å²) in [5.41, 5.74) is 3.64. The highest BCUT2D eigenvalue weighted by atomic mass is 16.5. The van der Waals surface area contributed by atoms with Crippen LogP contribution in [-0.2, 0) is 9.53 Å². The molecule has 0 bridgehead atoms. The second-order valence-electron chi connectivity index (χ2n) is 9.70. The van der Waals surface area contributed by atoms with E-state index in [0.717, 1.165) is 43.4 Å². The minimum Gasteiger partial charge on any atom is -0.491 e. The monoisotopic (exact) mass is 342 g/mol. The van der Waals surface area contributed by atoms with Crippen molar-refractivity contribution in [1.82, 2.24) is 0 Å². The zero-order valence-corrected chi connectivity index (χ0v) is 16.9. The normalized spacial score (nSPS) is 33.8. The number of hydrogen-bond donors (Lipinski definition) is 0. The molecule has 0 N–H and O–H groups in total. The van der Waals surface area contributed by atoms with Gasteiger partial charge in [0.25, 0.3) is 0 Å². The Balaban J connectivity index is 1.99. The third-order valence-electron chi connectivity index (χ3n) is 6.29. The van der Waals surface area contributed by atoms with Gasteiger partial charge in [-0.25, -0.2) is 0 Å². The Morgan fingerprint density at radius 2 is 2.00 bits per heavy atom. The second kappa shape index (κ2) is 6.45. The molecule has 0 amide bonds. The van der Waals surface area contributed by atoms with Crippen molar-refractivity contribution < 1.29 is 9.53 Å². The van der Waals surface area contributed by atoms with Gasteiger partial charge >= 0.3 is 0 Å². The fourth-order valence-corrected chi connectivity index (χ4v) is 5.02. The van der Waals surface area contributed by atoms with E-state index in [9.17, 15) is 4.79 Å². The minimum atomic E-state index is -0.166. The third-order valence-corrected chi connectivity index (χ3v) is 6.29. The number of ether oxygens (including phenoxy) is 1. The summed E-state index contributed by atoms with van der Waals surface area (Å²) in [6.45, 7) is 13.2. The molecule has 138 valence electrons. The highest BCUT2D eigenvalue weighted by Gasteiger charge is 2.51. The number of carbonyl (C=O) groups is 1. The summed E-state index contributed by atoms with van der Waals surface area (Å²) in [7, 11) is 0. The summed E-state index contributed by atoms with van der Waals surface area (Å²) in [5, 5.41) is 0. The van der Waals surface area contributed by atoms with Gasteiger partial charge in [0.15, 0.2) is 5.78 Å². The van der Waals surface area contributed by atoms with Crippen LogP contribution >= 0.6 is 0 Å². The van der Waals surface area contributed by atoms with Crippen LogP contribution in [0.5, 0.6) is 0 Å². The van der Waals surface area contributed by atoms with Gasteiger partial charge in [0, 0.05) is 30.3 Å². The Kier molecular flexibility index (Phi) is 4.77. The van der Waals surface area contributed by atoms with Gasteiger partial charge in [0.1, 0.15) is 11.4 Å². The maximum absolute atomic E-state index is 12.9. The molecule has 0 saturated heterocycles. The van der Waals surface area contributed by atoms with Crippen LogP contribution in [0.15, 0.2) is 34.6 Å². The molecule has 0 aromatic carbocycles. The number of carbonyl (C=O) groups excluding carboxylic acids is 1. The number of Topliss-reactive ketones (excluding diaryl/α,β-unsaturated/α-hetero) is 1. The number of fused-ring (bicyclic) bond motifs is 2. The van der Waals surface area contributed by atoms with Crippen molar-refractivity contribution in [3.05, 3.63) is 34.6 Å². The first-order valence-corrected chi connectivity index (χ1v) is 9.87. The lowest BCUT2D eigenvalue weighted by Gasteiger charge is -2.51. The van der Waals surface area contributed by atoms with Crippen molar-refractivity contribution in [3.8, 4) is 0 Å². The van der Waals surface area contributed by atoms with Gasteiger partial charge in [-0.2, -0.15) is 0 Å². The van der Waals surface area contributed by atoms with E-state index in [1.807, 2.05) is 0 Å². The van der Waals surface area contributed by atoms with Crippen molar-refractivity contribution in [3.63, 3.8) is 0 Å². The number of ketones is 1.